The summed E-state index contributed by atoms with van der Waals surface area (Å²) >= 11 is 0. The standard InChI is InChI=1S/C15H24N2/c1-2-14-9-4-3-7-11-17(14)12-13-8-5-6-10-15(13)16/h5-6,8,10,14H,2-4,7,9,11-12,16H2,1H3. The van der Waals surface area contributed by atoms with E-state index in [0.717, 1.165) is 18.3 Å². The van der Waals surface area contributed by atoms with Gasteiger partial charge in [0, 0.05) is 18.3 Å². The molecule has 1 heterocycles. The van der Waals surface area contributed by atoms with Crippen molar-refractivity contribution in [1.82, 2.24) is 4.90 Å². The van der Waals surface area contributed by atoms with Crippen LogP contribution in [0, 0.1) is 0 Å². The van der Waals surface area contributed by atoms with Gasteiger partial charge < -0.3 is 5.73 Å². The van der Waals surface area contributed by atoms with Crippen molar-refractivity contribution in [1.29, 1.82) is 0 Å². The van der Waals surface area contributed by atoms with Crippen molar-refractivity contribution in [2.24, 2.45) is 0 Å². The molecule has 1 saturated heterocycles. The first-order chi connectivity index (χ1) is 8.31. The van der Waals surface area contributed by atoms with Gasteiger partial charge in [-0.2, -0.15) is 0 Å². The first kappa shape index (κ1) is 12.4. The van der Waals surface area contributed by atoms with E-state index >= 15 is 0 Å². The molecule has 2 N–H and O–H groups in total. The van der Waals surface area contributed by atoms with E-state index in [0.29, 0.717) is 0 Å². The fraction of sp³-hybridized carbons (Fsp3) is 0.600. The van der Waals surface area contributed by atoms with E-state index < -0.39 is 0 Å². The number of hydrogen-bond acceptors (Lipinski definition) is 2. The zero-order valence-corrected chi connectivity index (χ0v) is 10.9. The van der Waals surface area contributed by atoms with Crippen LogP contribution in [0.15, 0.2) is 24.3 Å². The highest BCUT2D eigenvalue weighted by atomic mass is 15.2. The van der Waals surface area contributed by atoms with Crippen LogP contribution in [0.1, 0.15) is 44.6 Å². The monoisotopic (exact) mass is 232 g/mol. The summed E-state index contributed by atoms with van der Waals surface area (Å²) in [5.74, 6) is 0. The predicted molar refractivity (Wildman–Crippen MR) is 73.8 cm³/mol. The summed E-state index contributed by atoms with van der Waals surface area (Å²) in [5, 5.41) is 0. The molecule has 0 amide bonds. The van der Waals surface area contributed by atoms with Gasteiger partial charge >= 0.3 is 0 Å². The van der Waals surface area contributed by atoms with Crippen molar-refractivity contribution in [3.8, 4) is 0 Å². The molecule has 1 aliphatic heterocycles. The van der Waals surface area contributed by atoms with Gasteiger partial charge in [0.25, 0.3) is 0 Å². The van der Waals surface area contributed by atoms with Crippen LogP contribution in [-0.2, 0) is 6.54 Å². The Hall–Kier alpha value is -1.02. The molecular formula is C15H24N2. The number of para-hydroxylation sites is 1. The maximum atomic E-state index is 6.04. The maximum Gasteiger partial charge on any atom is 0.0359 e. The molecule has 0 bridgehead atoms. The van der Waals surface area contributed by atoms with Crippen LogP contribution in [0.2, 0.25) is 0 Å². The summed E-state index contributed by atoms with van der Waals surface area (Å²) in [7, 11) is 0. The van der Waals surface area contributed by atoms with Gasteiger partial charge in [0.1, 0.15) is 0 Å². The van der Waals surface area contributed by atoms with Gasteiger partial charge in [-0.25, -0.2) is 0 Å². The van der Waals surface area contributed by atoms with Crippen molar-refractivity contribution in [3.63, 3.8) is 0 Å². The predicted octanol–water partition coefficient (Wildman–Crippen LogP) is 3.42. The lowest BCUT2D eigenvalue weighted by Crippen LogP contribution is -2.34. The van der Waals surface area contributed by atoms with Crippen LogP contribution >= 0.6 is 0 Å². The van der Waals surface area contributed by atoms with Gasteiger partial charge in [-0.15, -0.1) is 0 Å². The summed E-state index contributed by atoms with van der Waals surface area (Å²) in [4.78, 5) is 2.62. The minimum Gasteiger partial charge on any atom is -0.398 e. The number of hydrogen-bond donors (Lipinski definition) is 1. The van der Waals surface area contributed by atoms with Crippen LogP contribution in [0.25, 0.3) is 0 Å². The number of benzene rings is 1. The third kappa shape index (κ3) is 3.22. The maximum absolute atomic E-state index is 6.04. The molecule has 1 fully saturated rings. The Morgan fingerprint density at radius 2 is 2.06 bits per heavy atom. The molecule has 2 heteroatoms. The fourth-order valence-electron chi connectivity index (χ4n) is 2.80. The van der Waals surface area contributed by atoms with Gasteiger partial charge in [-0.05, 0) is 37.4 Å². The average Bonchev–Trinajstić information content (AvgIpc) is 2.57. The van der Waals surface area contributed by atoms with Crippen LogP contribution in [-0.4, -0.2) is 17.5 Å². The smallest absolute Gasteiger partial charge is 0.0359 e. The molecule has 1 aromatic carbocycles. The van der Waals surface area contributed by atoms with Crippen LogP contribution in [0.4, 0.5) is 5.69 Å². The molecule has 0 aliphatic carbocycles. The summed E-state index contributed by atoms with van der Waals surface area (Å²) in [6, 6.07) is 9.02. The molecule has 17 heavy (non-hydrogen) atoms. The number of rotatable bonds is 3. The minimum atomic E-state index is 0.747. The quantitative estimate of drug-likeness (QED) is 0.809. The van der Waals surface area contributed by atoms with Crippen LogP contribution in [0.3, 0.4) is 0 Å². The zero-order chi connectivity index (χ0) is 12.1. The van der Waals surface area contributed by atoms with Crippen molar-refractivity contribution < 1.29 is 0 Å². The number of likely N-dealkylation sites (tertiary alicyclic amines) is 1. The van der Waals surface area contributed by atoms with Crippen LogP contribution in [0.5, 0.6) is 0 Å². The molecule has 0 aromatic heterocycles. The molecule has 1 aliphatic rings. The molecule has 1 aromatic rings. The first-order valence-corrected chi connectivity index (χ1v) is 6.88. The van der Waals surface area contributed by atoms with Crippen molar-refractivity contribution in [3.05, 3.63) is 29.8 Å². The van der Waals surface area contributed by atoms with Crippen molar-refractivity contribution in [2.45, 2.75) is 51.6 Å². The van der Waals surface area contributed by atoms with Crippen molar-refractivity contribution >= 4 is 5.69 Å². The third-order valence-electron chi connectivity index (χ3n) is 3.90. The van der Waals surface area contributed by atoms with Gasteiger partial charge in [0.15, 0.2) is 0 Å². The Bertz CT molecular complexity index is 349. The number of nitrogens with zero attached hydrogens (tertiary/aromatic N) is 1. The van der Waals surface area contributed by atoms with E-state index in [1.807, 2.05) is 12.1 Å². The number of nitrogens with two attached hydrogens (primary N) is 1. The van der Waals surface area contributed by atoms with Crippen LogP contribution < -0.4 is 5.73 Å². The van der Waals surface area contributed by atoms with Gasteiger partial charge in [0.05, 0.1) is 0 Å². The summed E-state index contributed by atoms with van der Waals surface area (Å²) in [5.41, 5.74) is 8.26. The molecule has 0 saturated carbocycles. The largest absolute Gasteiger partial charge is 0.398 e. The number of nitrogen functional groups attached to an aromatic ring is 1. The topological polar surface area (TPSA) is 29.3 Å². The normalized spacial score (nSPS) is 22.3. The second kappa shape index (κ2) is 6.06. The zero-order valence-electron chi connectivity index (χ0n) is 10.9. The highest BCUT2D eigenvalue weighted by Crippen LogP contribution is 2.23. The molecular weight excluding hydrogens is 208 g/mol. The lowest BCUT2D eigenvalue weighted by atomic mass is 10.1. The summed E-state index contributed by atoms with van der Waals surface area (Å²) < 4.78 is 0. The molecule has 1 atom stereocenters. The average molecular weight is 232 g/mol. The van der Waals surface area contributed by atoms with E-state index in [1.165, 1.54) is 44.2 Å². The Balaban J connectivity index is 2.07. The molecule has 0 spiro atoms. The first-order valence-electron chi connectivity index (χ1n) is 6.88. The van der Waals surface area contributed by atoms with E-state index in [4.69, 9.17) is 5.73 Å². The Morgan fingerprint density at radius 1 is 1.24 bits per heavy atom. The molecule has 2 rings (SSSR count). The lowest BCUT2D eigenvalue weighted by molar-refractivity contribution is 0.186. The highest BCUT2D eigenvalue weighted by molar-refractivity contribution is 5.46. The fourth-order valence-corrected chi connectivity index (χ4v) is 2.80. The Labute approximate surface area is 105 Å². The highest BCUT2D eigenvalue weighted by Gasteiger charge is 2.19. The molecule has 1 unspecified atom stereocenters. The third-order valence-corrected chi connectivity index (χ3v) is 3.90. The molecule has 0 radical (unpaired) electrons. The van der Waals surface area contributed by atoms with Gasteiger partial charge in [-0.3, -0.25) is 4.90 Å². The minimum absolute atomic E-state index is 0.747. The van der Waals surface area contributed by atoms with E-state index in [1.54, 1.807) is 0 Å². The Morgan fingerprint density at radius 3 is 2.82 bits per heavy atom. The second-order valence-electron chi connectivity index (χ2n) is 5.08. The van der Waals surface area contributed by atoms with E-state index in [9.17, 15) is 0 Å². The van der Waals surface area contributed by atoms with Gasteiger partial charge in [-0.1, -0.05) is 38.0 Å². The van der Waals surface area contributed by atoms with Crippen molar-refractivity contribution in [2.75, 3.05) is 12.3 Å². The van der Waals surface area contributed by atoms with E-state index in [-0.39, 0.29) is 0 Å². The molecule has 94 valence electrons. The lowest BCUT2D eigenvalue weighted by Gasteiger charge is -2.29. The Kier molecular flexibility index (Phi) is 4.43. The SMILES string of the molecule is CCC1CCCCCN1Cc1ccccc1N. The summed E-state index contributed by atoms with van der Waals surface area (Å²) in [6.45, 7) is 4.55. The van der Waals surface area contributed by atoms with E-state index in [2.05, 4.69) is 24.0 Å². The van der Waals surface area contributed by atoms with Gasteiger partial charge in [0.2, 0.25) is 0 Å². The molecule has 2 nitrogen and oxygen atoms in total. The summed E-state index contributed by atoms with van der Waals surface area (Å²) in [6.07, 6.45) is 6.72. The number of anilines is 1. The second-order valence-corrected chi connectivity index (χ2v) is 5.08.